The minimum Gasteiger partial charge on any atom is -0.396 e. The standard InChI is InChI=1S/C19H41NO.ClH/c1-3-4-5-6-7-8-9-10-11-12-13-14-17-20(2)18-15-16-19-21;/h21H,3-19H2,1-2H3;1H. The topological polar surface area (TPSA) is 23.5 Å². The monoisotopic (exact) mass is 335 g/mol. The first-order chi connectivity index (χ1) is 10.3. The van der Waals surface area contributed by atoms with E-state index in [0.29, 0.717) is 6.61 Å². The van der Waals surface area contributed by atoms with Crippen molar-refractivity contribution in [2.45, 2.75) is 96.8 Å². The largest absolute Gasteiger partial charge is 0.396 e. The predicted octanol–water partition coefficient (Wildman–Crippen LogP) is 5.81. The first-order valence-electron chi connectivity index (χ1n) is 9.60. The number of halogens is 1. The fraction of sp³-hybridized carbons (Fsp3) is 1.00. The lowest BCUT2D eigenvalue weighted by molar-refractivity contribution is 0.261. The Kier molecular flexibility index (Phi) is 23.6. The molecule has 0 spiro atoms. The van der Waals surface area contributed by atoms with Gasteiger partial charge < -0.3 is 10.0 Å². The summed E-state index contributed by atoms with van der Waals surface area (Å²) < 4.78 is 0. The zero-order valence-electron chi connectivity index (χ0n) is 15.3. The van der Waals surface area contributed by atoms with Crippen LogP contribution < -0.4 is 0 Å². The zero-order valence-corrected chi connectivity index (χ0v) is 16.1. The number of nitrogens with zero attached hydrogens (tertiary/aromatic N) is 1. The first kappa shape index (κ1) is 24.5. The molecule has 0 aromatic carbocycles. The van der Waals surface area contributed by atoms with E-state index in [1.807, 2.05) is 0 Å². The third kappa shape index (κ3) is 20.2. The molecule has 136 valence electrons. The maximum Gasteiger partial charge on any atom is 0.0431 e. The molecule has 0 fully saturated rings. The summed E-state index contributed by atoms with van der Waals surface area (Å²) in [5.74, 6) is 0. The van der Waals surface area contributed by atoms with E-state index < -0.39 is 0 Å². The zero-order chi connectivity index (χ0) is 15.6. The molecule has 0 aliphatic heterocycles. The molecule has 0 amide bonds. The summed E-state index contributed by atoms with van der Waals surface area (Å²) in [6.45, 7) is 4.99. The molecule has 22 heavy (non-hydrogen) atoms. The van der Waals surface area contributed by atoms with Gasteiger partial charge in [0.25, 0.3) is 0 Å². The molecule has 0 unspecified atom stereocenters. The average molecular weight is 336 g/mol. The van der Waals surface area contributed by atoms with Crippen LogP contribution in [0.15, 0.2) is 0 Å². The summed E-state index contributed by atoms with van der Waals surface area (Å²) in [6.07, 6.45) is 19.2. The highest BCUT2D eigenvalue weighted by molar-refractivity contribution is 5.85. The Balaban J connectivity index is 0. The highest BCUT2D eigenvalue weighted by atomic mass is 35.5. The first-order valence-corrected chi connectivity index (χ1v) is 9.60. The Morgan fingerprint density at radius 2 is 0.955 bits per heavy atom. The van der Waals surface area contributed by atoms with Crippen molar-refractivity contribution in [3.8, 4) is 0 Å². The third-order valence-electron chi connectivity index (χ3n) is 4.34. The number of unbranched alkanes of at least 4 members (excludes halogenated alkanes) is 12. The highest BCUT2D eigenvalue weighted by Crippen LogP contribution is 2.12. The summed E-state index contributed by atoms with van der Waals surface area (Å²) in [5.41, 5.74) is 0. The quantitative estimate of drug-likeness (QED) is 0.339. The van der Waals surface area contributed by atoms with Crippen molar-refractivity contribution >= 4 is 12.4 Å². The van der Waals surface area contributed by atoms with Gasteiger partial charge in [-0.05, 0) is 39.4 Å². The van der Waals surface area contributed by atoms with Crippen molar-refractivity contribution in [3.05, 3.63) is 0 Å². The lowest BCUT2D eigenvalue weighted by Crippen LogP contribution is -2.21. The fourth-order valence-corrected chi connectivity index (χ4v) is 2.83. The van der Waals surface area contributed by atoms with E-state index in [-0.39, 0.29) is 12.4 Å². The molecule has 0 radical (unpaired) electrons. The molecule has 0 saturated carbocycles. The molecule has 2 nitrogen and oxygen atoms in total. The number of rotatable bonds is 17. The second-order valence-corrected chi connectivity index (χ2v) is 6.62. The summed E-state index contributed by atoms with van der Waals surface area (Å²) in [7, 11) is 2.20. The number of hydrogen-bond acceptors (Lipinski definition) is 2. The van der Waals surface area contributed by atoms with Crippen molar-refractivity contribution in [2.75, 3.05) is 26.7 Å². The van der Waals surface area contributed by atoms with E-state index in [1.54, 1.807) is 0 Å². The predicted molar refractivity (Wildman–Crippen MR) is 102 cm³/mol. The second kappa shape index (κ2) is 21.2. The van der Waals surface area contributed by atoms with Gasteiger partial charge in [0.1, 0.15) is 0 Å². The molecule has 0 aliphatic carbocycles. The van der Waals surface area contributed by atoms with E-state index in [0.717, 1.165) is 19.4 Å². The van der Waals surface area contributed by atoms with Gasteiger partial charge in [-0.3, -0.25) is 0 Å². The van der Waals surface area contributed by atoms with Crippen LogP contribution in [0.3, 0.4) is 0 Å². The van der Waals surface area contributed by atoms with Gasteiger partial charge in [-0.25, -0.2) is 0 Å². The Bertz CT molecular complexity index is 190. The molecule has 0 bridgehead atoms. The van der Waals surface area contributed by atoms with E-state index in [1.165, 1.54) is 83.6 Å². The molecule has 0 saturated heterocycles. The van der Waals surface area contributed by atoms with Gasteiger partial charge in [0.05, 0.1) is 0 Å². The minimum atomic E-state index is 0. The van der Waals surface area contributed by atoms with Gasteiger partial charge in [0.15, 0.2) is 0 Å². The highest BCUT2D eigenvalue weighted by Gasteiger charge is 1.98. The smallest absolute Gasteiger partial charge is 0.0431 e. The summed E-state index contributed by atoms with van der Waals surface area (Å²) in [5, 5.41) is 8.75. The van der Waals surface area contributed by atoms with Crippen LogP contribution in [0.1, 0.15) is 96.8 Å². The number of hydrogen-bond donors (Lipinski definition) is 1. The Hall–Kier alpha value is 0.210. The summed E-state index contributed by atoms with van der Waals surface area (Å²) >= 11 is 0. The SMILES string of the molecule is CCCCCCCCCCCCCCN(C)CCCCO.Cl. The van der Waals surface area contributed by atoms with Crippen LogP contribution in [0, 0.1) is 0 Å². The van der Waals surface area contributed by atoms with Gasteiger partial charge in [-0.1, -0.05) is 77.6 Å². The number of aliphatic hydroxyl groups is 1. The minimum absolute atomic E-state index is 0. The second-order valence-electron chi connectivity index (χ2n) is 6.62. The average Bonchev–Trinajstić information content (AvgIpc) is 2.48. The fourth-order valence-electron chi connectivity index (χ4n) is 2.83. The van der Waals surface area contributed by atoms with Gasteiger partial charge in [-0.15, -0.1) is 12.4 Å². The number of aliphatic hydroxyl groups excluding tert-OH is 1. The molecule has 3 heteroatoms. The van der Waals surface area contributed by atoms with Crippen molar-refractivity contribution in [3.63, 3.8) is 0 Å². The van der Waals surface area contributed by atoms with Crippen LogP contribution in [0.2, 0.25) is 0 Å². The molecule has 1 N–H and O–H groups in total. The maximum atomic E-state index is 8.75. The third-order valence-corrected chi connectivity index (χ3v) is 4.34. The molecular formula is C19H42ClNO. The molecular weight excluding hydrogens is 294 g/mol. The maximum absolute atomic E-state index is 8.75. The van der Waals surface area contributed by atoms with Gasteiger partial charge in [-0.2, -0.15) is 0 Å². The van der Waals surface area contributed by atoms with Crippen molar-refractivity contribution < 1.29 is 5.11 Å². The summed E-state index contributed by atoms with van der Waals surface area (Å²) in [6, 6.07) is 0. The van der Waals surface area contributed by atoms with Crippen LogP contribution >= 0.6 is 12.4 Å². The van der Waals surface area contributed by atoms with Crippen LogP contribution in [0.4, 0.5) is 0 Å². The Morgan fingerprint density at radius 1 is 0.591 bits per heavy atom. The van der Waals surface area contributed by atoms with Gasteiger partial charge in [0.2, 0.25) is 0 Å². The molecule has 0 heterocycles. The van der Waals surface area contributed by atoms with Crippen molar-refractivity contribution in [1.29, 1.82) is 0 Å². The van der Waals surface area contributed by atoms with E-state index in [2.05, 4.69) is 18.9 Å². The van der Waals surface area contributed by atoms with E-state index in [9.17, 15) is 0 Å². The van der Waals surface area contributed by atoms with Crippen molar-refractivity contribution in [1.82, 2.24) is 4.90 Å². The lowest BCUT2D eigenvalue weighted by atomic mass is 10.1. The van der Waals surface area contributed by atoms with E-state index >= 15 is 0 Å². The van der Waals surface area contributed by atoms with Gasteiger partial charge >= 0.3 is 0 Å². The summed E-state index contributed by atoms with van der Waals surface area (Å²) in [4.78, 5) is 2.41. The molecule has 0 aromatic rings. The van der Waals surface area contributed by atoms with E-state index in [4.69, 9.17) is 5.11 Å². The van der Waals surface area contributed by atoms with Crippen LogP contribution in [-0.2, 0) is 0 Å². The van der Waals surface area contributed by atoms with Gasteiger partial charge in [0, 0.05) is 6.61 Å². The van der Waals surface area contributed by atoms with Crippen LogP contribution in [-0.4, -0.2) is 36.8 Å². The molecule has 0 rings (SSSR count). The Labute approximate surface area is 146 Å². The lowest BCUT2D eigenvalue weighted by Gasteiger charge is -2.15. The normalized spacial score (nSPS) is 10.9. The van der Waals surface area contributed by atoms with Crippen LogP contribution in [0.25, 0.3) is 0 Å². The van der Waals surface area contributed by atoms with Crippen molar-refractivity contribution in [2.24, 2.45) is 0 Å². The molecule has 0 aliphatic rings. The molecule has 0 atom stereocenters. The van der Waals surface area contributed by atoms with Crippen LogP contribution in [0.5, 0.6) is 0 Å². The molecule has 0 aromatic heterocycles. The Morgan fingerprint density at radius 3 is 1.36 bits per heavy atom.